The van der Waals surface area contributed by atoms with Crippen molar-refractivity contribution in [1.29, 1.82) is 0 Å². The van der Waals surface area contributed by atoms with Crippen LogP contribution in [0.1, 0.15) is 18.0 Å². The monoisotopic (exact) mass is 389 g/mol. The molecule has 0 bridgehead atoms. The Kier molecular flexibility index (Phi) is 6.04. The van der Waals surface area contributed by atoms with E-state index in [-0.39, 0.29) is 18.4 Å². The molecule has 1 N–H and O–H groups in total. The summed E-state index contributed by atoms with van der Waals surface area (Å²) >= 11 is 18.3. The zero-order valence-corrected chi connectivity index (χ0v) is 15.3. The number of hydrazone groups is 1. The molecule has 0 fully saturated rings. The molecule has 0 amide bonds. The zero-order chi connectivity index (χ0) is 15.7. The highest BCUT2D eigenvalue weighted by atomic mass is 35.5. The maximum atomic E-state index is 6.34. The number of benzene rings is 2. The third-order valence-corrected chi connectivity index (χ3v) is 4.40. The molecule has 0 saturated heterocycles. The van der Waals surface area contributed by atoms with Gasteiger partial charge < -0.3 is 5.32 Å². The van der Waals surface area contributed by atoms with Crippen molar-refractivity contribution in [1.82, 2.24) is 5.32 Å². The molecule has 0 spiro atoms. The van der Waals surface area contributed by atoms with Crippen LogP contribution in [0.2, 0.25) is 15.1 Å². The Bertz CT molecular complexity index is 716. The Labute approximate surface area is 156 Å². The van der Waals surface area contributed by atoms with Gasteiger partial charge in [0.15, 0.2) is 0 Å². The van der Waals surface area contributed by atoms with Crippen molar-refractivity contribution in [3.8, 4) is 0 Å². The number of nitrogens with one attached hydrogen (secondary N) is 1. The predicted octanol–water partition coefficient (Wildman–Crippen LogP) is 5.55. The van der Waals surface area contributed by atoms with Crippen LogP contribution in [0.3, 0.4) is 0 Å². The molecule has 2 aromatic carbocycles. The zero-order valence-electron chi connectivity index (χ0n) is 12.3. The van der Waals surface area contributed by atoms with E-state index in [0.717, 1.165) is 23.5 Å². The van der Waals surface area contributed by atoms with E-state index in [1.807, 2.05) is 48.5 Å². The first-order valence-electron chi connectivity index (χ1n) is 6.83. The molecule has 1 unspecified atom stereocenters. The summed E-state index contributed by atoms with van der Waals surface area (Å²) < 4.78 is 0. The molecule has 0 radical (unpaired) electrons. The lowest BCUT2D eigenvalue weighted by atomic mass is 10.0. The predicted molar refractivity (Wildman–Crippen MR) is 101 cm³/mol. The van der Waals surface area contributed by atoms with Crippen LogP contribution in [-0.2, 0) is 0 Å². The van der Waals surface area contributed by atoms with Crippen molar-refractivity contribution < 1.29 is 0 Å². The van der Waals surface area contributed by atoms with E-state index in [9.17, 15) is 0 Å². The van der Waals surface area contributed by atoms with E-state index in [1.54, 1.807) is 6.07 Å². The molecule has 3 rings (SSSR count). The van der Waals surface area contributed by atoms with Gasteiger partial charge in [-0.2, -0.15) is 5.10 Å². The molecule has 2 aromatic rings. The summed E-state index contributed by atoms with van der Waals surface area (Å²) in [7, 11) is 1.87. The molecule has 1 aliphatic heterocycles. The standard InChI is InChI=1S/C16H14Cl3N3.ClH/c1-20-16-9-15(10-2-4-11(17)5-3-10)22(21-16)14-7-6-12(18)8-13(14)19;/h2-8,15H,9H2,1H3,(H,20,21);1H. The molecule has 0 aliphatic carbocycles. The lowest BCUT2D eigenvalue weighted by Crippen LogP contribution is -2.19. The number of hydrogen-bond donors (Lipinski definition) is 1. The lowest BCUT2D eigenvalue weighted by Gasteiger charge is -2.24. The van der Waals surface area contributed by atoms with E-state index in [1.165, 1.54) is 0 Å². The van der Waals surface area contributed by atoms with Crippen LogP contribution in [0.25, 0.3) is 0 Å². The van der Waals surface area contributed by atoms with Crippen LogP contribution in [0.5, 0.6) is 0 Å². The van der Waals surface area contributed by atoms with Gasteiger partial charge in [0.1, 0.15) is 5.84 Å². The topological polar surface area (TPSA) is 27.6 Å². The molecule has 1 atom stereocenters. The molecule has 7 heteroatoms. The molecule has 122 valence electrons. The smallest absolute Gasteiger partial charge is 0.125 e. The second-order valence-electron chi connectivity index (χ2n) is 5.01. The number of amidine groups is 1. The fourth-order valence-corrected chi connectivity index (χ4v) is 3.12. The third-order valence-electron chi connectivity index (χ3n) is 3.61. The highest BCUT2D eigenvalue weighted by Crippen LogP contribution is 2.39. The minimum atomic E-state index is 0. The molecule has 1 aliphatic rings. The average molecular weight is 391 g/mol. The molecular weight excluding hydrogens is 376 g/mol. The SMILES string of the molecule is CNC1=NN(c2ccc(Cl)cc2Cl)C(c2ccc(Cl)cc2)C1.Cl. The normalized spacial score (nSPS) is 16.8. The molecular formula is C16H15Cl4N3. The Morgan fingerprint density at radius 2 is 1.70 bits per heavy atom. The summed E-state index contributed by atoms with van der Waals surface area (Å²) in [6, 6.07) is 13.3. The number of anilines is 1. The molecule has 23 heavy (non-hydrogen) atoms. The lowest BCUT2D eigenvalue weighted by molar-refractivity contribution is 0.707. The minimum absolute atomic E-state index is 0. The van der Waals surface area contributed by atoms with Gasteiger partial charge in [-0.25, -0.2) is 0 Å². The van der Waals surface area contributed by atoms with E-state index >= 15 is 0 Å². The molecule has 3 nitrogen and oxygen atoms in total. The van der Waals surface area contributed by atoms with Crippen molar-refractivity contribution in [2.75, 3.05) is 12.1 Å². The second kappa shape index (κ2) is 7.63. The van der Waals surface area contributed by atoms with Crippen LogP contribution in [-0.4, -0.2) is 12.9 Å². The van der Waals surface area contributed by atoms with Crippen LogP contribution < -0.4 is 10.3 Å². The number of halogens is 4. The van der Waals surface area contributed by atoms with Crippen LogP contribution in [0.4, 0.5) is 5.69 Å². The van der Waals surface area contributed by atoms with Crippen LogP contribution >= 0.6 is 47.2 Å². The highest BCUT2D eigenvalue weighted by molar-refractivity contribution is 6.36. The van der Waals surface area contributed by atoms with Crippen LogP contribution in [0.15, 0.2) is 47.6 Å². The summed E-state index contributed by atoms with van der Waals surface area (Å²) in [6.07, 6.45) is 0.775. The van der Waals surface area contributed by atoms with Gasteiger partial charge in [0.25, 0.3) is 0 Å². The van der Waals surface area contributed by atoms with Gasteiger partial charge in [-0.1, -0.05) is 46.9 Å². The van der Waals surface area contributed by atoms with E-state index < -0.39 is 0 Å². The van der Waals surface area contributed by atoms with Crippen molar-refractivity contribution in [2.45, 2.75) is 12.5 Å². The van der Waals surface area contributed by atoms with Gasteiger partial charge >= 0.3 is 0 Å². The molecule has 0 aromatic heterocycles. The molecule has 0 saturated carbocycles. The first-order chi connectivity index (χ1) is 10.6. The first kappa shape index (κ1) is 18.2. The highest BCUT2D eigenvalue weighted by Gasteiger charge is 2.30. The fraction of sp³-hybridized carbons (Fsp3) is 0.188. The quantitative estimate of drug-likeness (QED) is 0.727. The Morgan fingerprint density at radius 1 is 1.04 bits per heavy atom. The van der Waals surface area contributed by atoms with Crippen molar-refractivity contribution in [3.05, 3.63) is 63.1 Å². The Balaban J connectivity index is 0.00000192. The third kappa shape index (κ3) is 3.86. The summed E-state index contributed by atoms with van der Waals surface area (Å²) in [6.45, 7) is 0. The van der Waals surface area contributed by atoms with E-state index in [0.29, 0.717) is 15.1 Å². The maximum absolute atomic E-state index is 6.34. The first-order valence-corrected chi connectivity index (χ1v) is 7.97. The summed E-state index contributed by atoms with van der Waals surface area (Å²) in [4.78, 5) is 0. The molecule has 1 heterocycles. The van der Waals surface area contributed by atoms with Crippen molar-refractivity contribution in [3.63, 3.8) is 0 Å². The fourth-order valence-electron chi connectivity index (χ4n) is 2.50. The van der Waals surface area contributed by atoms with Crippen molar-refractivity contribution >= 4 is 58.7 Å². The summed E-state index contributed by atoms with van der Waals surface area (Å²) in [5.41, 5.74) is 1.96. The largest absolute Gasteiger partial charge is 0.375 e. The maximum Gasteiger partial charge on any atom is 0.125 e. The minimum Gasteiger partial charge on any atom is -0.375 e. The van der Waals surface area contributed by atoms with E-state index in [4.69, 9.17) is 34.8 Å². The summed E-state index contributed by atoms with van der Waals surface area (Å²) in [5.74, 6) is 0.908. The van der Waals surface area contributed by atoms with Gasteiger partial charge in [0.05, 0.1) is 16.8 Å². The van der Waals surface area contributed by atoms with Gasteiger partial charge in [-0.15, -0.1) is 12.4 Å². The van der Waals surface area contributed by atoms with Gasteiger partial charge in [0, 0.05) is 23.5 Å². The Morgan fingerprint density at radius 3 is 2.30 bits per heavy atom. The number of hydrogen-bond acceptors (Lipinski definition) is 3. The summed E-state index contributed by atoms with van der Waals surface area (Å²) in [5, 5.41) is 11.6. The second-order valence-corrected chi connectivity index (χ2v) is 6.29. The van der Waals surface area contributed by atoms with Crippen LogP contribution in [0, 0.1) is 0 Å². The van der Waals surface area contributed by atoms with Gasteiger partial charge in [-0.3, -0.25) is 5.01 Å². The number of nitrogens with zero attached hydrogens (tertiary/aromatic N) is 2. The van der Waals surface area contributed by atoms with Gasteiger partial charge in [-0.05, 0) is 35.9 Å². The Hall–Kier alpha value is -1.13. The van der Waals surface area contributed by atoms with E-state index in [2.05, 4.69) is 10.4 Å². The van der Waals surface area contributed by atoms with Gasteiger partial charge in [0.2, 0.25) is 0 Å². The van der Waals surface area contributed by atoms with Crippen molar-refractivity contribution in [2.24, 2.45) is 5.10 Å². The number of rotatable bonds is 2. The average Bonchev–Trinajstić information content (AvgIpc) is 2.92.